The number of hydrogen-bond acceptors (Lipinski definition) is 4. The molecule has 1 aliphatic rings. The molecule has 1 aliphatic heterocycles. The van der Waals surface area contributed by atoms with E-state index in [9.17, 15) is 4.39 Å². The molecule has 2 aromatic rings. The van der Waals surface area contributed by atoms with Gasteiger partial charge in [0.05, 0.1) is 0 Å². The first-order valence-electron chi connectivity index (χ1n) is 7.33. The largest absolute Gasteiger partial charge is 0.439 e. The summed E-state index contributed by atoms with van der Waals surface area (Å²) in [4.78, 5) is 11.0. The second-order valence-corrected chi connectivity index (χ2v) is 5.15. The number of benzene rings is 1. The highest BCUT2D eigenvalue weighted by Gasteiger charge is 2.13. The predicted molar refractivity (Wildman–Crippen MR) is 79.2 cm³/mol. The van der Waals surface area contributed by atoms with Gasteiger partial charge in [-0.3, -0.25) is 0 Å². The predicted octanol–water partition coefficient (Wildman–Crippen LogP) is 3.79. The number of aromatic nitrogens is 2. The monoisotopic (exact) mass is 287 g/mol. The van der Waals surface area contributed by atoms with Crippen LogP contribution >= 0.6 is 0 Å². The van der Waals surface area contributed by atoms with Gasteiger partial charge in [-0.05, 0) is 37.1 Å². The number of ether oxygens (including phenoxy) is 1. The molecule has 110 valence electrons. The number of anilines is 1. The number of halogens is 1. The van der Waals surface area contributed by atoms with Crippen LogP contribution in [0.1, 0.15) is 25.7 Å². The maximum absolute atomic E-state index is 12.9. The van der Waals surface area contributed by atoms with Crippen LogP contribution in [-0.4, -0.2) is 23.1 Å². The van der Waals surface area contributed by atoms with E-state index in [1.807, 2.05) is 0 Å². The second-order valence-electron chi connectivity index (χ2n) is 5.15. The van der Waals surface area contributed by atoms with Crippen LogP contribution in [0.15, 0.2) is 36.5 Å². The highest BCUT2D eigenvalue weighted by molar-refractivity contribution is 5.34. The van der Waals surface area contributed by atoms with E-state index in [1.165, 1.54) is 37.8 Å². The van der Waals surface area contributed by atoms with Crippen molar-refractivity contribution in [2.45, 2.75) is 25.7 Å². The standard InChI is InChI=1S/C16H18FN3O/c17-13-5-7-14(8-6-13)21-15-9-10-18-16(19-15)20-11-3-1-2-4-12-20/h5-10H,1-4,11-12H2. The maximum atomic E-state index is 12.9. The first kappa shape index (κ1) is 13.8. The van der Waals surface area contributed by atoms with Gasteiger partial charge < -0.3 is 9.64 Å². The van der Waals surface area contributed by atoms with E-state index in [0.717, 1.165) is 13.1 Å². The smallest absolute Gasteiger partial charge is 0.228 e. The van der Waals surface area contributed by atoms with Gasteiger partial charge in [0.2, 0.25) is 11.8 Å². The van der Waals surface area contributed by atoms with Gasteiger partial charge in [-0.15, -0.1) is 0 Å². The summed E-state index contributed by atoms with van der Waals surface area (Å²) in [6.45, 7) is 1.97. The lowest BCUT2D eigenvalue weighted by Crippen LogP contribution is -2.25. The zero-order chi connectivity index (χ0) is 14.5. The summed E-state index contributed by atoms with van der Waals surface area (Å²) in [5.41, 5.74) is 0. The minimum atomic E-state index is -0.282. The van der Waals surface area contributed by atoms with Crippen LogP contribution in [0, 0.1) is 5.82 Å². The molecule has 4 nitrogen and oxygen atoms in total. The normalized spacial score (nSPS) is 15.6. The number of nitrogens with zero attached hydrogens (tertiary/aromatic N) is 3. The molecule has 0 unspecified atom stereocenters. The van der Waals surface area contributed by atoms with Crippen molar-refractivity contribution in [3.63, 3.8) is 0 Å². The van der Waals surface area contributed by atoms with Gasteiger partial charge >= 0.3 is 0 Å². The van der Waals surface area contributed by atoms with Crippen molar-refractivity contribution in [2.24, 2.45) is 0 Å². The van der Waals surface area contributed by atoms with Crippen LogP contribution in [0.3, 0.4) is 0 Å². The Morgan fingerprint density at radius 3 is 2.38 bits per heavy atom. The lowest BCUT2D eigenvalue weighted by molar-refractivity contribution is 0.459. The number of hydrogen-bond donors (Lipinski definition) is 0. The van der Waals surface area contributed by atoms with Crippen LogP contribution < -0.4 is 9.64 Å². The molecular weight excluding hydrogens is 269 g/mol. The molecule has 0 amide bonds. The molecule has 0 radical (unpaired) electrons. The molecular formula is C16H18FN3O. The summed E-state index contributed by atoms with van der Waals surface area (Å²) in [6, 6.07) is 7.62. The van der Waals surface area contributed by atoms with Crippen molar-refractivity contribution >= 4 is 5.95 Å². The third-order valence-electron chi connectivity index (χ3n) is 3.54. The molecule has 0 spiro atoms. The molecule has 0 N–H and O–H groups in total. The van der Waals surface area contributed by atoms with Crippen molar-refractivity contribution in [3.8, 4) is 11.6 Å². The second kappa shape index (κ2) is 6.52. The maximum Gasteiger partial charge on any atom is 0.228 e. The van der Waals surface area contributed by atoms with Crippen molar-refractivity contribution in [3.05, 3.63) is 42.3 Å². The van der Waals surface area contributed by atoms with Crippen LogP contribution in [0.2, 0.25) is 0 Å². The fourth-order valence-electron chi connectivity index (χ4n) is 2.44. The first-order valence-corrected chi connectivity index (χ1v) is 7.33. The average molecular weight is 287 g/mol. The Balaban J connectivity index is 1.74. The Bertz CT molecular complexity index is 580. The van der Waals surface area contributed by atoms with Crippen molar-refractivity contribution in [2.75, 3.05) is 18.0 Å². The molecule has 1 fully saturated rings. The Labute approximate surface area is 123 Å². The van der Waals surface area contributed by atoms with Gasteiger partial charge in [0.25, 0.3) is 0 Å². The van der Waals surface area contributed by atoms with Gasteiger partial charge in [-0.25, -0.2) is 9.37 Å². The number of rotatable bonds is 3. The Morgan fingerprint density at radius 1 is 0.952 bits per heavy atom. The highest BCUT2D eigenvalue weighted by atomic mass is 19.1. The third kappa shape index (κ3) is 3.68. The summed E-state index contributed by atoms with van der Waals surface area (Å²) in [5, 5.41) is 0. The summed E-state index contributed by atoms with van der Waals surface area (Å²) in [7, 11) is 0. The van der Waals surface area contributed by atoms with E-state index in [1.54, 1.807) is 24.4 Å². The van der Waals surface area contributed by atoms with Gasteiger partial charge in [-0.2, -0.15) is 4.98 Å². The minimum absolute atomic E-state index is 0.282. The third-order valence-corrected chi connectivity index (χ3v) is 3.54. The zero-order valence-electron chi connectivity index (χ0n) is 11.8. The molecule has 0 saturated carbocycles. The molecule has 3 rings (SSSR count). The van der Waals surface area contributed by atoms with E-state index in [0.29, 0.717) is 17.6 Å². The summed E-state index contributed by atoms with van der Waals surface area (Å²) in [6.07, 6.45) is 6.58. The van der Waals surface area contributed by atoms with Gasteiger partial charge in [0.1, 0.15) is 11.6 Å². The van der Waals surface area contributed by atoms with Crippen LogP contribution in [0.5, 0.6) is 11.6 Å². The van der Waals surface area contributed by atoms with Crippen molar-refractivity contribution in [1.29, 1.82) is 0 Å². The Morgan fingerprint density at radius 2 is 1.67 bits per heavy atom. The fraction of sp³-hybridized carbons (Fsp3) is 0.375. The van der Waals surface area contributed by atoms with Crippen molar-refractivity contribution in [1.82, 2.24) is 9.97 Å². The molecule has 2 heterocycles. The van der Waals surface area contributed by atoms with Crippen LogP contribution in [-0.2, 0) is 0 Å². The van der Waals surface area contributed by atoms with Gasteiger partial charge in [-0.1, -0.05) is 12.8 Å². The van der Waals surface area contributed by atoms with Crippen LogP contribution in [0.25, 0.3) is 0 Å². The lowest BCUT2D eigenvalue weighted by Gasteiger charge is -2.20. The summed E-state index contributed by atoms with van der Waals surface area (Å²) in [5.74, 6) is 1.47. The molecule has 0 bridgehead atoms. The molecule has 0 atom stereocenters. The average Bonchev–Trinajstić information content (AvgIpc) is 2.79. The minimum Gasteiger partial charge on any atom is -0.439 e. The van der Waals surface area contributed by atoms with E-state index < -0.39 is 0 Å². The Hall–Kier alpha value is -2.17. The molecule has 1 saturated heterocycles. The molecule has 0 aliphatic carbocycles. The summed E-state index contributed by atoms with van der Waals surface area (Å²) < 4.78 is 18.5. The van der Waals surface area contributed by atoms with Crippen LogP contribution in [0.4, 0.5) is 10.3 Å². The lowest BCUT2D eigenvalue weighted by atomic mass is 10.2. The topological polar surface area (TPSA) is 38.2 Å². The highest BCUT2D eigenvalue weighted by Crippen LogP contribution is 2.22. The molecule has 1 aromatic carbocycles. The zero-order valence-corrected chi connectivity index (χ0v) is 11.8. The molecule has 5 heteroatoms. The van der Waals surface area contributed by atoms with Gasteiger partial charge in [0, 0.05) is 25.4 Å². The molecule has 21 heavy (non-hydrogen) atoms. The van der Waals surface area contributed by atoms with E-state index in [-0.39, 0.29) is 5.82 Å². The quantitative estimate of drug-likeness (QED) is 0.861. The SMILES string of the molecule is Fc1ccc(Oc2ccnc(N3CCCCCC3)n2)cc1. The Kier molecular flexibility index (Phi) is 4.28. The summed E-state index contributed by atoms with van der Waals surface area (Å²) >= 11 is 0. The van der Waals surface area contributed by atoms with E-state index in [4.69, 9.17) is 4.74 Å². The molecule has 1 aromatic heterocycles. The van der Waals surface area contributed by atoms with E-state index in [2.05, 4.69) is 14.9 Å². The fourth-order valence-corrected chi connectivity index (χ4v) is 2.44. The first-order chi connectivity index (χ1) is 10.3. The van der Waals surface area contributed by atoms with Gasteiger partial charge in [0.15, 0.2) is 0 Å². The van der Waals surface area contributed by atoms with E-state index >= 15 is 0 Å². The van der Waals surface area contributed by atoms with Crippen molar-refractivity contribution < 1.29 is 9.13 Å².